The highest BCUT2D eigenvalue weighted by Crippen LogP contribution is 2.28. The van der Waals surface area contributed by atoms with Gasteiger partial charge in [-0.25, -0.2) is 4.98 Å². The van der Waals surface area contributed by atoms with Crippen LogP contribution < -0.4 is 10.6 Å². The zero-order valence-electron chi connectivity index (χ0n) is 15.6. The van der Waals surface area contributed by atoms with Crippen LogP contribution in [0.1, 0.15) is 15.4 Å². The van der Waals surface area contributed by atoms with Gasteiger partial charge in [-0.05, 0) is 38.1 Å². The maximum Gasteiger partial charge on any atom is 0.243 e. The highest BCUT2D eigenvalue weighted by atomic mass is 35.5. The second-order valence-electron chi connectivity index (χ2n) is 6.38. The van der Waals surface area contributed by atoms with Crippen molar-refractivity contribution in [1.82, 2.24) is 10.3 Å². The van der Waals surface area contributed by atoms with Crippen molar-refractivity contribution in [2.75, 3.05) is 11.9 Å². The second-order valence-corrected chi connectivity index (χ2v) is 8.10. The van der Waals surface area contributed by atoms with E-state index in [9.17, 15) is 9.59 Å². The average Bonchev–Trinajstić information content (AvgIpc) is 3.02. The van der Waals surface area contributed by atoms with E-state index in [-0.39, 0.29) is 24.8 Å². The SMILES string of the molecule is Cc1ccc(-c2nc(C)sc2CC(=O)NCC(=O)Nc2ccc(Cl)cc2)cc1. The van der Waals surface area contributed by atoms with Crippen molar-refractivity contribution < 1.29 is 9.59 Å². The molecule has 0 fully saturated rings. The molecule has 144 valence electrons. The topological polar surface area (TPSA) is 71.1 Å². The molecule has 28 heavy (non-hydrogen) atoms. The van der Waals surface area contributed by atoms with Crippen molar-refractivity contribution in [3.8, 4) is 11.3 Å². The molecule has 0 unspecified atom stereocenters. The van der Waals surface area contributed by atoms with E-state index in [4.69, 9.17) is 11.6 Å². The Labute approximate surface area is 172 Å². The summed E-state index contributed by atoms with van der Waals surface area (Å²) in [6, 6.07) is 14.8. The number of carbonyl (C=O) groups excluding carboxylic acids is 2. The molecule has 0 aliphatic rings. The van der Waals surface area contributed by atoms with Crippen LogP contribution >= 0.6 is 22.9 Å². The van der Waals surface area contributed by atoms with Crippen molar-refractivity contribution in [1.29, 1.82) is 0 Å². The highest BCUT2D eigenvalue weighted by Gasteiger charge is 2.15. The van der Waals surface area contributed by atoms with Crippen LogP contribution in [0.3, 0.4) is 0 Å². The lowest BCUT2D eigenvalue weighted by Crippen LogP contribution is -2.33. The first kappa shape index (κ1) is 20.0. The number of halogens is 1. The van der Waals surface area contributed by atoms with Gasteiger partial charge in [0.1, 0.15) is 0 Å². The minimum Gasteiger partial charge on any atom is -0.347 e. The molecule has 7 heteroatoms. The largest absolute Gasteiger partial charge is 0.347 e. The Balaban J connectivity index is 1.58. The lowest BCUT2D eigenvalue weighted by molar-refractivity contribution is -0.123. The van der Waals surface area contributed by atoms with E-state index in [2.05, 4.69) is 15.6 Å². The second kappa shape index (κ2) is 8.99. The molecular weight excluding hydrogens is 394 g/mol. The van der Waals surface area contributed by atoms with E-state index in [1.807, 2.05) is 38.1 Å². The van der Waals surface area contributed by atoms with E-state index < -0.39 is 0 Å². The van der Waals surface area contributed by atoms with Crippen LogP contribution in [0.2, 0.25) is 5.02 Å². The number of nitrogens with one attached hydrogen (secondary N) is 2. The molecule has 0 aliphatic heterocycles. The maximum absolute atomic E-state index is 12.3. The van der Waals surface area contributed by atoms with E-state index in [1.165, 1.54) is 16.9 Å². The number of hydrogen-bond acceptors (Lipinski definition) is 4. The summed E-state index contributed by atoms with van der Waals surface area (Å²) in [6.07, 6.45) is 0.183. The number of thiazole rings is 1. The van der Waals surface area contributed by atoms with Crippen LogP contribution in [0.5, 0.6) is 0 Å². The quantitative estimate of drug-likeness (QED) is 0.630. The minimum absolute atomic E-state index is 0.0981. The fraction of sp³-hybridized carbons (Fsp3) is 0.190. The van der Waals surface area contributed by atoms with Gasteiger partial charge in [0.2, 0.25) is 11.8 Å². The Bertz CT molecular complexity index is 982. The summed E-state index contributed by atoms with van der Waals surface area (Å²) in [4.78, 5) is 29.8. The zero-order chi connectivity index (χ0) is 20.1. The molecule has 0 bridgehead atoms. The van der Waals surface area contributed by atoms with Crippen molar-refractivity contribution in [3.63, 3.8) is 0 Å². The molecule has 3 rings (SSSR count). The molecule has 2 N–H and O–H groups in total. The molecule has 0 saturated heterocycles. The van der Waals surface area contributed by atoms with Crippen LogP contribution in [-0.2, 0) is 16.0 Å². The van der Waals surface area contributed by atoms with Gasteiger partial charge in [0.15, 0.2) is 0 Å². The van der Waals surface area contributed by atoms with E-state index in [1.54, 1.807) is 24.3 Å². The van der Waals surface area contributed by atoms with Gasteiger partial charge in [-0.3, -0.25) is 9.59 Å². The minimum atomic E-state index is -0.296. The van der Waals surface area contributed by atoms with Crippen LogP contribution in [0.25, 0.3) is 11.3 Å². The molecule has 2 amide bonds. The first-order valence-electron chi connectivity index (χ1n) is 8.76. The Kier molecular flexibility index (Phi) is 6.44. The third-order valence-corrected chi connectivity index (χ3v) is 5.25. The average molecular weight is 414 g/mol. The molecule has 5 nitrogen and oxygen atoms in total. The molecule has 2 aromatic carbocycles. The Morgan fingerprint density at radius 1 is 1.00 bits per heavy atom. The number of nitrogens with zero attached hydrogens (tertiary/aromatic N) is 1. The molecule has 1 aromatic heterocycles. The number of amides is 2. The fourth-order valence-corrected chi connectivity index (χ4v) is 3.73. The Hall–Kier alpha value is -2.70. The van der Waals surface area contributed by atoms with Crippen molar-refractivity contribution >= 4 is 40.4 Å². The first-order valence-corrected chi connectivity index (χ1v) is 9.95. The van der Waals surface area contributed by atoms with E-state index in [0.717, 1.165) is 21.1 Å². The molecule has 0 radical (unpaired) electrons. The fourth-order valence-electron chi connectivity index (χ4n) is 2.65. The van der Waals surface area contributed by atoms with Crippen molar-refractivity contribution in [2.24, 2.45) is 0 Å². The van der Waals surface area contributed by atoms with Crippen LogP contribution in [-0.4, -0.2) is 23.3 Å². The van der Waals surface area contributed by atoms with Gasteiger partial charge < -0.3 is 10.6 Å². The zero-order valence-corrected chi connectivity index (χ0v) is 17.2. The third kappa shape index (κ3) is 5.41. The van der Waals surface area contributed by atoms with Gasteiger partial charge in [0.05, 0.1) is 23.7 Å². The highest BCUT2D eigenvalue weighted by molar-refractivity contribution is 7.12. The summed E-state index contributed by atoms with van der Waals surface area (Å²) in [5.74, 6) is -0.516. The number of rotatable bonds is 6. The predicted molar refractivity (Wildman–Crippen MR) is 114 cm³/mol. The summed E-state index contributed by atoms with van der Waals surface area (Å²) < 4.78 is 0. The van der Waals surface area contributed by atoms with Crippen LogP contribution in [0.4, 0.5) is 5.69 Å². The molecule has 0 spiro atoms. The molecule has 3 aromatic rings. The summed E-state index contributed by atoms with van der Waals surface area (Å²) in [6.45, 7) is 3.85. The van der Waals surface area contributed by atoms with Gasteiger partial charge >= 0.3 is 0 Å². The maximum atomic E-state index is 12.3. The van der Waals surface area contributed by atoms with Gasteiger partial charge in [-0.2, -0.15) is 0 Å². The van der Waals surface area contributed by atoms with E-state index >= 15 is 0 Å². The summed E-state index contributed by atoms with van der Waals surface area (Å²) in [7, 11) is 0. The number of hydrogen-bond donors (Lipinski definition) is 2. The standard InChI is InChI=1S/C21H20ClN3O2S/c1-13-3-5-15(6-4-13)21-18(28-14(2)24-21)11-19(26)23-12-20(27)25-17-9-7-16(22)8-10-17/h3-10H,11-12H2,1-2H3,(H,23,26)(H,25,27). The molecule has 0 saturated carbocycles. The van der Waals surface area contributed by atoms with Crippen molar-refractivity contribution in [2.45, 2.75) is 20.3 Å². The number of aromatic nitrogens is 1. The number of benzene rings is 2. The Morgan fingerprint density at radius 2 is 1.68 bits per heavy atom. The summed E-state index contributed by atoms with van der Waals surface area (Å²) in [5.41, 5.74) is 3.60. The van der Waals surface area contributed by atoms with Gasteiger partial charge in [-0.15, -0.1) is 11.3 Å². The summed E-state index contributed by atoms with van der Waals surface area (Å²) >= 11 is 7.32. The van der Waals surface area contributed by atoms with Gasteiger partial charge in [0.25, 0.3) is 0 Å². The lowest BCUT2D eigenvalue weighted by atomic mass is 10.1. The molecule has 0 atom stereocenters. The number of aryl methyl sites for hydroxylation is 2. The van der Waals surface area contributed by atoms with Crippen LogP contribution in [0, 0.1) is 13.8 Å². The first-order chi connectivity index (χ1) is 13.4. The molecule has 1 heterocycles. The number of anilines is 1. The van der Waals surface area contributed by atoms with Gasteiger partial charge in [0, 0.05) is 21.2 Å². The van der Waals surface area contributed by atoms with Crippen LogP contribution in [0.15, 0.2) is 48.5 Å². The Morgan fingerprint density at radius 3 is 2.36 bits per heavy atom. The molecule has 0 aliphatic carbocycles. The third-order valence-electron chi connectivity index (χ3n) is 4.02. The molecular formula is C21H20ClN3O2S. The van der Waals surface area contributed by atoms with E-state index in [0.29, 0.717) is 10.7 Å². The smallest absolute Gasteiger partial charge is 0.243 e. The monoisotopic (exact) mass is 413 g/mol. The predicted octanol–water partition coefficient (Wildman–Crippen LogP) is 4.38. The van der Waals surface area contributed by atoms with Gasteiger partial charge in [-0.1, -0.05) is 41.4 Å². The lowest BCUT2D eigenvalue weighted by Gasteiger charge is -2.07. The number of carbonyl (C=O) groups is 2. The summed E-state index contributed by atoms with van der Waals surface area (Å²) in [5, 5.41) is 6.87. The normalized spacial score (nSPS) is 10.5. The van der Waals surface area contributed by atoms with Crippen molar-refractivity contribution in [3.05, 3.63) is 69.0 Å².